The molecule has 19 heavy (non-hydrogen) atoms. The van der Waals surface area contributed by atoms with Crippen molar-refractivity contribution < 1.29 is 9.18 Å². The van der Waals surface area contributed by atoms with Gasteiger partial charge in [0.25, 0.3) is 5.91 Å². The highest BCUT2D eigenvalue weighted by molar-refractivity contribution is 6.30. The minimum atomic E-state index is -0.688. The Morgan fingerprint density at radius 1 is 1.47 bits per heavy atom. The Balaban J connectivity index is 2.61. The van der Waals surface area contributed by atoms with Gasteiger partial charge in [-0.15, -0.1) is 5.10 Å². The molecule has 0 saturated carbocycles. The fourth-order valence-electron chi connectivity index (χ4n) is 1.80. The maximum atomic E-state index is 14.1. The van der Waals surface area contributed by atoms with Gasteiger partial charge in [0.05, 0.1) is 16.9 Å². The summed E-state index contributed by atoms with van der Waals surface area (Å²) >= 11 is 5.78. The second kappa shape index (κ2) is 4.97. The zero-order valence-electron chi connectivity index (χ0n) is 10.4. The molecule has 0 saturated heterocycles. The largest absolute Gasteiger partial charge is 0.364 e. The molecule has 1 aromatic carbocycles. The molecule has 2 rings (SSSR count). The highest BCUT2D eigenvalue weighted by atomic mass is 35.5. The minimum absolute atomic E-state index is 0.0186. The number of primary amides is 1. The highest BCUT2D eigenvalue weighted by Crippen LogP contribution is 2.30. The summed E-state index contributed by atoms with van der Waals surface area (Å²) in [5.74, 6) is -1.29. The van der Waals surface area contributed by atoms with Crippen molar-refractivity contribution in [3.63, 3.8) is 0 Å². The number of amides is 1. The van der Waals surface area contributed by atoms with E-state index in [4.69, 9.17) is 17.3 Å². The van der Waals surface area contributed by atoms with E-state index in [9.17, 15) is 9.18 Å². The summed E-state index contributed by atoms with van der Waals surface area (Å²) in [5, 5.41) is 7.45. The van der Waals surface area contributed by atoms with E-state index in [0.29, 0.717) is 11.3 Å². The number of rotatable bonds is 3. The summed E-state index contributed by atoms with van der Waals surface area (Å²) in [7, 11) is 0. The molecule has 1 amide bonds. The lowest BCUT2D eigenvalue weighted by Crippen LogP contribution is -2.11. The third-order valence-corrected chi connectivity index (χ3v) is 2.97. The molecular weight excluding hydrogens is 271 g/mol. The Hall–Kier alpha value is -1.95. The molecule has 0 fully saturated rings. The molecule has 0 atom stereocenters. The molecule has 2 aromatic rings. The second-order valence-electron chi connectivity index (χ2n) is 4.36. The summed E-state index contributed by atoms with van der Waals surface area (Å²) in [6.45, 7) is 3.67. The van der Waals surface area contributed by atoms with Gasteiger partial charge in [0.2, 0.25) is 0 Å². The molecule has 0 aliphatic heterocycles. The van der Waals surface area contributed by atoms with E-state index in [1.165, 1.54) is 16.9 Å². The van der Waals surface area contributed by atoms with Crippen LogP contribution in [0.5, 0.6) is 0 Å². The molecule has 0 aliphatic carbocycles. The number of hydrogen-bond acceptors (Lipinski definition) is 3. The Kier molecular flexibility index (Phi) is 3.53. The van der Waals surface area contributed by atoms with Crippen molar-refractivity contribution in [2.24, 2.45) is 5.73 Å². The van der Waals surface area contributed by atoms with Crippen molar-refractivity contribution in [1.82, 2.24) is 15.0 Å². The molecule has 0 bridgehead atoms. The third-order valence-electron chi connectivity index (χ3n) is 2.68. The van der Waals surface area contributed by atoms with Crippen LogP contribution in [0.2, 0.25) is 5.02 Å². The first-order chi connectivity index (χ1) is 8.91. The highest BCUT2D eigenvalue weighted by Gasteiger charge is 2.18. The average molecular weight is 283 g/mol. The SMILES string of the molecule is CC(C)c1c(-n2cc(C(N)=O)nn2)ccc(Cl)c1F. The molecule has 5 nitrogen and oxygen atoms in total. The Morgan fingerprint density at radius 2 is 2.16 bits per heavy atom. The summed E-state index contributed by atoms with van der Waals surface area (Å²) in [6.07, 6.45) is 1.36. The quantitative estimate of drug-likeness (QED) is 0.938. The molecule has 7 heteroatoms. The first kappa shape index (κ1) is 13.5. The van der Waals surface area contributed by atoms with Crippen LogP contribution < -0.4 is 5.73 Å². The molecule has 0 radical (unpaired) electrons. The number of carbonyl (C=O) groups excluding carboxylic acids is 1. The monoisotopic (exact) mass is 282 g/mol. The van der Waals surface area contributed by atoms with E-state index >= 15 is 0 Å². The van der Waals surface area contributed by atoms with Gasteiger partial charge in [-0.1, -0.05) is 30.7 Å². The van der Waals surface area contributed by atoms with E-state index in [1.807, 2.05) is 13.8 Å². The lowest BCUT2D eigenvalue weighted by atomic mass is 10.0. The van der Waals surface area contributed by atoms with Gasteiger partial charge in [0.1, 0.15) is 5.82 Å². The second-order valence-corrected chi connectivity index (χ2v) is 4.77. The summed E-state index contributed by atoms with van der Waals surface area (Å²) in [4.78, 5) is 11.0. The predicted molar refractivity (Wildman–Crippen MR) is 68.9 cm³/mol. The molecule has 1 aromatic heterocycles. The van der Waals surface area contributed by atoms with E-state index < -0.39 is 11.7 Å². The van der Waals surface area contributed by atoms with E-state index in [1.54, 1.807) is 6.07 Å². The van der Waals surface area contributed by atoms with Crippen LogP contribution in [-0.2, 0) is 0 Å². The van der Waals surface area contributed by atoms with Crippen LogP contribution in [0.25, 0.3) is 5.69 Å². The van der Waals surface area contributed by atoms with Crippen LogP contribution in [0.4, 0.5) is 4.39 Å². The van der Waals surface area contributed by atoms with Gasteiger partial charge in [0.15, 0.2) is 5.69 Å². The summed E-state index contributed by atoms with van der Waals surface area (Å²) in [6, 6.07) is 3.06. The smallest absolute Gasteiger partial charge is 0.270 e. The minimum Gasteiger partial charge on any atom is -0.364 e. The maximum Gasteiger partial charge on any atom is 0.270 e. The van der Waals surface area contributed by atoms with Crippen LogP contribution in [0, 0.1) is 5.82 Å². The number of aromatic nitrogens is 3. The number of nitrogens with zero attached hydrogens (tertiary/aromatic N) is 3. The first-order valence-electron chi connectivity index (χ1n) is 5.62. The number of nitrogens with two attached hydrogens (primary N) is 1. The third kappa shape index (κ3) is 2.44. The first-order valence-corrected chi connectivity index (χ1v) is 6.00. The predicted octanol–water partition coefficient (Wildman–Crippen LogP) is 2.28. The lowest BCUT2D eigenvalue weighted by Gasteiger charge is -2.14. The number of halogens is 2. The Labute approximate surface area is 114 Å². The van der Waals surface area contributed by atoms with Crippen LogP contribution in [0.15, 0.2) is 18.3 Å². The van der Waals surface area contributed by atoms with Gasteiger partial charge in [-0.3, -0.25) is 4.79 Å². The van der Waals surface area contributed by atoms with Gasteiger partial charge < -0.3 is 5.73 Å². The van der Waals surface area contributed by atoms with Crippen LogP contribution >= 0.6 is 11.6 Å². The number of carbonyl (C=O) groups is 1. The van der Waals surface area contributed by atoms with Gasteiger partial charge in [-0.2, -0.15) is 0 Å². The molecule has 2 N–H and O–H groups in total. The van der Waals surface area contributed by atoms with Crippen molar-refractivity contribution in [3.05, 3.63) is 40.4 Å². The van der Waals surface area contributed by atoms with E-state index in [0.717, 1.165) is 0 Å². The van der Waals surface area contributed by atoms with Crippen LogP contribution in [0.1, 0.15) is 35.8 Å². The number of benzene rings is 1. The topological polar surface area (TPSA) is 73.8 Å². The fraction of sp³-hybridized carbons (Fsp3) is 0.250. The standard InChI is InChI=1S/C12H12ClFN4O/c1-6(2)10-9(4-3-7(13)11(10)14)18-5-8(12(15)19)16-17-18/h3-6H,1-2H3,(H2,15,19). The zero-order valence-corrected chi connectivity index (χ0v) is 11.1. The van der Waals surface area contributed by atoms with Gasteiger partial charge in [0, 0.05) is 5.56 Å². The Bertz CT molecular complexity index is 639. The van der Waals surface area contributed by atoms with Crippen LogP contribution in [0.3, 0.4) is 0 Å². The average Bonchev–Trinajstić information content (AvgIpc) is 2.81. The molecule has 0 spiro atoms. The van der Waals surface area contributed by atoms with Crippen molar-refractivity contribution in [3.8, 4) is 5.69 Å². The van der Waals surface area contributed by atoms with E-state index in [2.05, 4.69) is 10.3 Å². The van der Waals surface area contributed by atoms with Crippen molar-refractivity contribution in [1.29, 1.82) is 0 Å². The molecule has 0 aliphatic rings. The zero-order chi connectivity index (χ0) is 14.2. The van der Waals surface area contributed by atoms with E-state index in [-0.39, 0.29) is 16.6 Å². The van der Waals surface area contributed by atoms with Crippen LogP contribution in [-0.4, -0.2) is 20.9 Å². The van der Waals surface area contributed by atoms with Crippen molar-refractivity contribution >= 4 is 17.5 Å². The maximum absolute atomic E-state index is 14.1. The molecule has 1 heterocycles. The van der Waals surface area contributed by atoms with Crippen molar-refractivity contribution in [2.45, 2.75) is 19.8 Å². The normalized spacial score (nSPS) is 11.0. The van der Waals surface area contributed by atoms with Gasteiger partial charge >= 0.3 is 0 Å². The lowest BCUT2D eigenvalue weighted by molar-refractivity contribution is 0.0995. The van der Waals surface area contributed by atoms with Gasteiger partial charge in [-0.05, 0) is 18.1 Å². The molecule has 0 unspecified atom stereocenters. The molecule has 100 valence electrons. The fourth-order valence-corrected chi connectivity index (χ4v) is 1.96. The summed E-state index contributed by atoms with van der Waals surface area (Å²) < 4.78 is 15.4. The van der Waals surface area contributed by atoms with Crippen molar-refractivity contribution in [2.75, 3.05) is 0 Å². The Morgan fingerprint density at radius 3 is 2.68 bits per heavy atom. The van der Waals surface area contributed by atoms with Gasteiger partial charge in [-0.25, -0.2) is 9.07 Å². The number of hydrogen-bond donors (Lipinski definition) is 1. The molecular formula is C12H12ClFN4O. The summed E-state index contributed by atoms with van der Waals surface area (Å²) in [5.41, 5.74) is 6.02.